The van der Waals surface area contributed by atoms with E-state index >= 15 is 0 Å². The van der Waals surface area contributed by atoms with Crippen LogP contribution in [0.2, 0.25) is 0 Å². The Balaban J connectivity index is 1.42. The maximum atomic E-state index is 14.8. The Kier molecular flexibility index (Phi) is 3.90. The van der Waals surface area contributed by atoms with Crippen LogP contribution < -0.4 is 0 Å². The zero-order chi connectivity index (χ0) is 16.9. The van der Waals surface area contributed by atoms with Crippen LogP contribution in [-0.4, -0.2) is 57.8 Å². The van der Waals surface area contributed by atoms with E-state index < -0.39 is 6.17 Å². The van der Waals surface area contributed by atoms with Crippen molar-refractivity contribution in [3.05, 3.63) is 18.0 Å². The monoisotopic (exact) mass is 334 g/mol. The van der Waals surface area contributed by atoms with Gasteiger partial charge in [-0.3, -0.25) is 14.4 Å². The molecule has 1 aromatic heterocycles. The normalized spacial score (nSPS) is 36.5. The van der Waals surface area contributed by atoms with Crippen LogP contribution in [0, 0.1) is 17.3 Å². The summed E-state index contributed by atoms with van der Waals surface area (Å²) in [7, 11) is 1.91. The first-order valence-electron chi connectivity index (χ1n) is 9.10. The van der Waals surface area contributed by atoms with Crippen molar-refractivity contribution in [2.45, 2.75) is 38.9 Å². The number of aryl methyl sites for hydroxylation is 1. The first-order valence-corrected chi connectivity index (χ1v) is 9.10. The highest BCUT2D eigenvalue weighted by Gasteiger charge is 2.51. The quantitative estimate of drug-likeness (QED) is 0.847. The molecule has 132 valence electrons. The molecule has 1 spiro atoms. The van der Waals surface area contributed by atoms with Crippen LogP contribution in [0.3, 0.4) is 0 Å². The minimum atomic E-state index is -0.794. The van der Waals surface area contributed by atoms with Crippen LogP contribution in [0.1, 0.15) is 31.7 Å². The molecule has 6 heteroatoms. The first-order chi connectivity index (χ1) is 11.5. The van der Waals surface area contributed by atoms with Crippen molar-refractivity contribution in [3.63, 3.8) is 0 Å². The second-order valence-corrected chi connectivity index (χ2v) is 8.18. The topological polar surface area (TPSA) is 41.4 Å². The number of hydrogen-bond donors (Lipinski definition) is 0. The summed E-state index contributed by atoms with van der Waals surface area (Å²) < 4.78 is 16.6. The second kappa shape index (κ2) is 5.83. The fourth-order valence-electron chi connectivity index (χ4n) is 4.54. The summed E-state index contributed by atoms with van der Waals surface area (Å²) in [5, 5.41) is 4.21. The number of carbonyl (C=O) groups is 1. The van der Waals surface area contributed by atoms with E-state index in [1.165, 1.54) is 5.56 Å². The van der Waals surface area contributed by atoms with Crippen LogP contribution in [0.25, 0.3) is 0 Å². The summed E-state index contributed by atoms with van der Waals surface area (Å²) >= 11 is 0. The third-order valence-corrected chi connectivity index (χ3v) is 6.19. The summed E-state index contributed by atoms with van der Waals surface area (Å²) in [6.45, 7) is 5.78. The number of rotatable bonds is 3. The van der Waals surface area contributed by atoms with Gasteiger partial charge in [0.05, 0.1) is 6.20 Å². The Morgan fingerprint density at radius 3 is 2.88 bits per heavy atom. The van der Waals surface area contributed by atoms with Crippen molar-refractivity contribution < 1.29 is 9.18 Å². The summed E-state index contributed by atoms with van der Waals surface area (Å²) in [6.07, 6.45) is 5.45. The van der Waals surface area contributed by atoms with Crippen molar-refractivity contribution in [1.82, 2.24) is 19.6 Å². The number of nitrogens with zero attached hydrogens (tertiary/aromatic N) is 4. The van der Waals surface area contributed by atoms with Crippen molar-refractivity contribution >= 4 is 5.91 Å². The van der Waals surface area contributed by atoms with Crippen LogP contribution >= 0.6 is 0 Å². The number of amides is 1. The maximum Gasteiger partial charge on any atom is 0.225 e. The number of carbonyl (C=O) groups excluding carboxylic acids is 1. The zero-order valence-electron chi connectivity index (χ0n) is 14.6. The van der Waals surface area contributed by atoms with Gasteiger partial charge in [0.15, 0.2) is 0 Å². The van der Waals surface area contributed by atoms with Gasteiger partial charge in [0.25, 0.3) is 0 Å². The highest BCUT2D eigenvalue weighted by molar-refractivity contribution is 5.81. The molecular formula is C18H27FN4O. The lowest BCUT2D eigenvalue weighted by molar-refractivity contribution is -0.138. The van der Waals surface area contributed by atoms with Gasteiger partial charge in [-0.2, -0.15) is 5.10 Å². The molecule has 0 unspecified atom stereocenters. The number of halogens is 1. The molecule has 3 heterocycles. The number of hydrogen-bond acceptors (Lipinski definition) is 3. The lowest BCUT2D eigenvalue weighted by Gasteiger charge is -2.43. The molecule has 4 atom stereocenters. The smallest absolute Gasteiger partial charge is 0.225 e. The molecule has 5 nitrogen and oxygen atoms in total. The molecule has 3 aliphatic rings. The third-order valence-electron chi connectivity index (χ3n) is 6.19. The van der Waals surface area contributed by atoms with Gasteiger partial charge in [-0.1, -0.05) is 6.92 Å². The molecule has 1 aliphatic carbocycles. The lowest BCUT2D eigenvalue weighted by Crippen LogP contribution is -2.53. The molecule has 24 heavy (non-hydrogen) atoms. The fourth-order valence-corrected chi connectivity index (χ4v) is 4.54. The van der Waals surface area contributed by atoms with Crippen molar-refractivity contribution in [1.29, 1.82) is 0 Å². The molecule has 2 saturated heterocycles. The molecule has 0 radical (unpaired) electrons. The van der Waals surface area contributed by atoms with Crippen LogP contribution in [0.15, 0.2) is 12.4 Å². The van der Waals surface area contributed by atoms with E-state index in [-0.39, 0.29) is 17.2 Å². The summed E-state index contributed by atoms with van der Waals surface area (Å²) in [5.41, 5.74) is 0.800. The van der Waals surface area contributed by atoms with E-state index in [9.17, 15) is 9.18 Å². The average molecular weight is 334 g/mol. The Morgan fingerprint density at radius 1 is 1.42 bits per heavy atom. The Morgan fingerprint density at radius 2 is 2.21 bits per heavy atom. The molecule has 3 fully saturated rings. The SMILES string of the molecule is C[C@@H]1C[C@@H]1C(=O)N1CC[C@@H](F)[C@@]2(CCN(Cc3cnn(C)c3)C2)C1. The van der Waals surface area contributed by atoms with E-state index in [2.05, 4.69) is 16.9 Å². The van der Waals surface area contributed by atoms with Gasteiger partial charge in [-0.05, 0) is 31.7 Å². The van der Waals surface area contributed by atoms with E-state index in [1.54, 1.807) is 4.68 Å². The van der Waals surface area contributed by atoms with Gasteiger partial charge in [0.2, 0.25) is 5.91 Å². The maximum absolute atomic E-state index is 14.8. The fraction of sp³-hybridized carbons (Fsp3) is 0.778. The molecule has 1 saturated carbocycles. The van der Waals surface area contributed by atoms with Gasteiger partial charge in [-0.25, -0.2) is 4.39 Å². The molecule has 4 rings (SSSR count). The standard InChI is InChI=1S/C18H27FN4O/c1-13-7-15(13)17(24)23-5-3-16(19)18(12-23)4-6-22(11-18)10-14-8-20-21(2)9-14/h8-9,13,15-16H,3-7,10-12H2,1-2H3/t13-,15+,16-,18-/m1/s1. The van der Waals surface area contributed by atoms with Crippen LogP contribution in [-0.2, 0) is 18.4 Å². The van der Waals surface area contributed by atoms with Gasteiger partial charge in [0.1, 0.15) is 6.17 Å². The largest absolute Gasteiger partial charge is 0.342 e. The summed E-state index contributed by atoms with van der Waals surface area (Å²) in [5.74, 6) is 0.979. The zero-order valence-corrected chi connectivity index (χ0v) is 14.6. The van der Waals surface area contributed by atoms with Gasteiger partial charge >= 0.3 is 0 Å². The van der Waals surface area contributed by atoms with Gasteiger partial charge in [0, 0.05) is 56.3 Å². The first kappa shape index (κ1) is 16.1. The molecule has 0 aromatic carbocycles. The minimum Gasteiger partial charge on any atom is -0.342 e. The Labute approximate surface area is 142 Å². The third kappa shape index (κ3) is 2.85. The number of alkyl halides is 1. The van der Waals surface area contributed by atoms with Crippen molar-refractivity contribution in [2.75, 3.05) is 26.2 Å². The minimum absolute atomic E-state index is 0.200. The Hall–Kier alpha value is -1.43. The second-order valence-electron chi connectivity index (χ2n) is 8.18. The van der Waals surface area contributed by atoms with E-state index in [4.69, 9.17) is 0 Å². The highest BCUT2D eigenvalue weighted by Crippen LogP contribution is 2.44. The molecule has 1 amide bonds. The molecule has 0 N–H and O–H groups in total. The molecule has 0 bridgehead atoms. The van der Waals surface area contributed by atoms with E-state index in [0.717, 1.165) is 32.5 Å². The highest BCUT2D eigenvalue weighted by atomic mass is 19.1. The van der Waals surface area contributed by atoms with Gasteiger partial charge in [-0.15, -0.1) is 0 Å². The van der Waals surface area contributed by atoms with Crippen molar-refractivity contribution in [2.24, 2.45) is 24.3 Å². The van der Waals surface area contributed by atoms with Gasteiger partial charge < -0.3 is 4.90 Å². The molecule has 1 aromatic rings. The Bertz CT molecular complexity index is 632. The average Bonchev–Trinajstić information content (AvgIpc) is 2.94. The molecule has 2 aliphatic heterocycles. The predicted molar refractivity (Wildman–Crippen MR) is 88.9 cm³/mol. The molecular weight excluding hydrogens is 307 g/mol. The van der Waals surface area contributed by atoms with Crippen LogP contribution in [0.4, 0.5) is 4.39 Å². The van der Waals surface area contributed by atoms with Crippen molar-refractivity contribution in [3.8, 4) is 0 Å². The van der Waals surface area contributed by atoms with E-state index in [1.807, 2.05) is 24.3 Å². The van der Waals surface area contributed by atoms with E-state index in [0.29, 0.717) is 25.4 Å². The predicted octanol–water partition coefficient (Wildman–Crippen LogP) is 1.84. The summed E-state index contributed by atoms with van der Waals surface area (Å²) in [6, 6.07) is 0. The lowest BCUT2D eigenvalue weighted by atomic mass is 9.77. The number of likely N-dealkylation sites (tertiary alicyclic amines) is 2. The number of piperidine rings is 1. The summed E-state index contributed by atoms with van der Waals surface area (Å²) in [4.78, 5) is 16.8. The number of aromatic nitrogens is 2. The van der Waals surface area contributed by atoms with Crippen LogP contribution in [0.5, 0.6) is 0 Å².